The lowest BCUT2D eigenvalue weighted by molar-refractivity contribution is -0.152. The molecule has 2 bridgehead atoms. The molecule has 0 aliphatic carbocycles. The summed E-state index contributed by atoms with van der Waals surface area (Å²) in [4.78, 5) is 12.7. The molecule has 3 aliphatic heterocycles. The summed E-state index contributed by atoms with van der Waals surface area (Å²) in [6.45, 7) is 0. The van der Waals surface area contributed by atoms with Gasteiger partial charge in [0.05, 0.1) is 24.0 Å². The van der Waals surface area contributed by atoms with E-state index < -0.39 is 5.60 Å². The first-order valence-corrected chi connectivity index (χ1v) is 7.98. The lowest BCUT2D eigenvalue weighted by atomic mass is 9.69. The van der Waals surface area contributed by atoms with Gasteiger partial charge < -0.3 is 9.47 Å². The summed E-state index contributed by atoms with van der Waals surface area (Å²) in [5, 5.41) is 0. The van der Waals surface area contributed by atoms with Gasteiger partial charge in [0.15, 0.2) is 5.60 Å². The van der Waals surface area contributed by atoms with Crippen LogP contribution in [0.1, 0.15) is 11.1 Å². The number of carbonyl (C=O) groups is 1. The average Bonchev–Trinajstić information content (AvgIpc) is 3.29. The van der Waals surface area contributed by atoms with E-state index in [1.54, 1.807) is 0 Å². The fraction of sp³-hybridized carbons (Fsp3) is 0.250. The molecule has 4 atom stereocenters. The molecule has 2 aromatic rings. The first kappa shape index (κ1) is 13.1. The number of ether oxygens (including phenoxy) is 2. The van der Waals surface area contributed by atoms with Crippen LogP contribution in [0.25, 0.3) is 0 Å². The Labute approximate surface area is 134 Å². The predicted octanol–water partition coefficient (Wildman–Crippen LogP) is 3.06. The van der Waals surface area contributed by atoms with Crippen LogP contribution in [0.2, 0.25) is 0 Å². The smallest absolute Gasteiger partial charge is 0.313 e. The molecule has 2 fully saturated rings. The molecule has 0 aromatic heterocycles. The standard InChI is InChI=1S/C20H16O3/c21-19-17-15-11-12-16(22-15)18(17)20(23-19,13-7-3-1-4-8-13)14-9-5-2-6-10-14/h1-12,15-18H/t15-,16+,17-,18+/m1/s1. The van der Waals surface area contributed by atoms with E-state index in [0.29, 0.717) is 0 Å². The summed E-state index contributed by atoms with van der Waals surface area (Å²) in [6, 6.07) is 20.1. The fourth-order valence-electron chi connectivity index (χ4n) is 4.41. The molecule has 3 aliphatic rings. The quantitative estimate of drug-likeness (QED) is 0.632. The molecule has 0 saturated carbocycles. The number of cyclic esters (lactones) is 1. The Hall–Kier alpha value is -2.39. The molecule has 0 amide bonds. The van der Waals surface area contributed by atoms with E-state index in [4.69, 9.17) is 9.47 Å². The van der Waals surface area contributed by atoms with E-state index in [1.165, 1.54) is 0 Å². The number of benzene rings is 2. The maximum atomic E-state index is 12.7. The third-order valence-electron chi connectivity index (χ3n) is 5.31. The fourth-order valence-corrected chi connectivity index (χ4v) is 4.41. The van der Waals surface area contributed by atoms with Crippen molar-refractivity contribution in [1.29, 1.82) is 0 Å². The minimum absolute atomic E-state index is 0.0187. The van der Waals surface area contributed by atoms with E-state index in [0.717, 1.165) is 11.1 Å². The van der Waals surface area contributed by atoms with Gasteiger partial charge in [0.1, 0.15) is 0 Å². The minimum Gasteiger partial charge on any atom is -0.448 e. The van der Waals surface area contributed by atoms with Gasteiger partial charge in [-0.2, -0.15) is 0 Å². The van der Waals surface area contributed by atoms with E-state index in [1.807, 2.05) is 66.7 Å². The van der Waals surface area contributed by atoms with Gasteiger partial charge in [-0.25, -0.2) is 0 Å². The van der Waals surface area contributed by atoms with E-state index in [9.17, 15) is 4.79 Å². The van der Waals surface area contributed by atoms with Crippen molar-refractivity contribution >= 4 is 5.97 Å². The van der Waals surface area contributed by atoms with Crippen molar-refractivity contribution in [2.24, 2.45) is 11.8 Å². The summed E-state index contributed by atoms with van der Waals surface area (Å²) in [7, 11) is 0. The number of hydrogen-bond acceptors (Lipinski definition) is 3. The van der Waals surface area contributed by atoms with Crippen molar-refractivity contribution < 1.29 is 14.3 Å². The van der Waals surface area contributed by atoms with Gasteiger partial charge in [0.2, 0.25) is 0 Å². The maximum absolute atomic E-state index is 12.7. The lowest BCUT2D eigenvalue weighted by Crippen LogP contribution is -2.40. The third-order valence-corrected chi connectivity index (χ3v) is 5.31. The monoisotopic (exact) mass is 304 g/mol. The van der Waals surface area contributed by atoms with E-state index in [2.05, 4.69) is 6.08 Å². The number of fused-ring (bicyclic) bond motifs is 5. The molecular formula is C20H16O3. The molecule has 2 saturated heterocycles. The summed E-state index contributed by atoms with van der Waals surface area (Å²) in [5.74, 6) is -0.389. The highest BCUT2D eigenvalue weighted by Gasteiger charge is 2.67. The highest BCUT2D eigenvalue weighted by molar-refractivity contribution is 5.80. The Morgan fingerprint density at radius 1 is 0.783 bits per heavy atom. The average molecular weight is 304 g/mol. The predicted molar refractivity (Wildman–Crippen MR) is 84.5 cm³/mol. The molecule has 3 heterocycles. The van der Waals surface area contributed by atoms with Crippen molar-refractivity contribution in [3.05, 3.63) is 83.9 Å². The second-order valence-electron chi connectivity index (χ2n) is 6.39. The zero-order valence-electron chi connectivity index (χ0n) is 12.5. The minimum atomic E-state index is -0.769. The SMILES string of the molecule is O=C1OC(c2ccccc2)(c2ccccc2)[C@@H]2[C@H]1[C@H]1C=C[C@@H]2O1. The molecule has 3 nitrogen and oxygen atoms in total. The Bertz CT molecular complexity index is 742. The van der Waals surface area contributed by atoms with Crippen molar-refractivity contribution in [2.75, 3.05) is 0 Å². The molecule has 5 rings (SSSR count). The second kappa shape index (κ2) is 4.56. The van der Waals surface area contributed by atoms with Crippen LogP contribution >= 0.6 is 0 Å². The van der Waals surface area contributed by atoms with Crippen LogP contribution in [0.4, 0.5) is 0 Å². The van der Waals surface area contributed by atoms with Crippen LogP contribution in [-0.2, 0) is 19.9 Å². The van der Waals surface area contributed by atoms with Crippen LogP contribution in [0.3, 0.4) is 0 Å². The van der Waals surface area contributed by atoms with Gasteiger partial charge in [0, 0.05) is 11.1 Å². The van der Waals surface area contributed by atoms with Crippen LogP contribution in [0.5, 0.6) is 0 Å². The third kappa shape index (κ3) is 1.60. The van der Waals surface area contributed by atoms with Crippen LogP contribution < -0.4 is 0 Å². The summed E-state index contributed by atoms with van der Waals surface area (Å²) < 4.78 is 12.1. The van der Waals surface area contributed by atoms with Crippen molar-refractivity contribution in [3.8, 4) is 0 Å². The van der Waals surface area contributed by atoms with Crippen molar-refractivity contribution in [2.45, 2.75) is 17.8 Å². The van der Waals surface area contributed by atoms with Gasteiger partial charge in [0.25, 0.3) is 0 Å². The van der Waals surface area contributed by atoms with E-state index in [-0.39, 0.29) is 30.0 Å². The number of esters is 1. The van der Waals surface area contributed by atoms with Gasteiger partial charge in [-0.05, 0) is 0 Å². The normalized spacial score (nSPS) is 32.8. The molecule has 0 N–H and O–H groups in total. The highest BCUT2D eigenvalue weighted by Crippen LogP contribution is 2.58. The largest absolute Gasteiger partial charge is 0.448 e. The van der Waals surface area contributed by atoms with E-state index >= 15 is 0 Å². The van der Waals surface area contributed by atoms with Gasteiger partial charge in [-0.1, -0.05) is 72.8 Å². The lowest BCUT2D eigenvalue weighted by Gasteiger charge is -2.36. The Kier molecular flexibility index (Phi) is 2.59. The van der Waals surface area contributed by atoms with Gasteiger partial charge >= 0.3 is 5.97 Å². The molecule has 0 spiro atoms. The maximum Gasteiger partial charge on any atom is 0.313 e. The molecular weight excluding hydrogens is 288 g/mol. The Morgan fingerprint density at radius 3 is 1.96 bits per heavy atom. The van der Waals surface area contributed by atoms with Crippen LogP contribution in [-0.4, -0.2) is 18.2 Å². The Balaban J connectivity index is 1.77. The zero-order chi connectivity index (χ0) is 15.4. The number of hydrogen-bond donors (Lipinski definition) is 0. The molecule has 0 radical (unpaired) electrons. The van der Waals surface area contributed by atoms with Crippen LogP contribution in [0.15, 0.2) is 72.8 Å². The first-order chi connectivity index (χ1) is 11.3. The Morgan fingerprint density at radius 2 is 1.35 bits per heavy atom. The molecule has 0 unspecified atom stereocenters. The van der Waals surface area contributed by atoms with Gasteiger partial charge in [-0.15, -0.1) is 0 Å². The summed E-state index contributed by atoms with van der Waals surface area (Å²) in [6.07, 6.45) is 3.86. The van der Waals surface area contributed by atoms with Crippen molar-refractivity contribution in [1.82, 2.24) is 0 Å². The molecule has 3 heteroatoms. The second-order valence-corrected chi connectivity index (χ2v) is 6.39. The topological polar surface area (TPSA) is 35.5 Å². The highest BCUT2D eigenvalue weighted by atomic mass is 16.6. The summed E-state index contributed by atoms with van der Waals surface area (Å²) in [5.41, 5.74) is 1.25. The first-order valence-electron chi connectivity index (χ1n) is 7.98. The molecule has 2 aromatic carbocycles. The van der Waals surface area contributed by atoms with Crippen LogP contribution in [0, 0.1) is 11.8 Å². The number of rotatable bonds is 2. The van der Waals surface area contributed by atoms with Gasteiger partial charge in [-0.3, -0.25) is 4.79 Å². The summed E-state index contributed by atoms with van der Waals surface area (Å²) >= 11 is 0. The molecule has 114 valence electrons. The van der Waals surface area contributed by atoms with Crippen molar-refractivity contribution in [3.63, 3.8) is 0 Å². The zero-order valence-corrected chi connectivity index (χ0v) is 12.5. The number of carbonyl (C=O) groups excluding carboxylic acids is 1. The molecule has 23 heavy (non-hydrogen) atoms.